The second-order valence-electron chi connectivity index (χ2n) is 7.83. The van der Waals surface area contributed by atoms with Crippen LogP contribution in [-0.2, 0) is 0 Å². The van der Waals surface area contributed by atoms with E-state index in [9.17, 15) is 13.2 Å². The van der Waals surface area contributed by atoms with Gasteiger partial charge in [0.2, 0.25) is 0 Å². The molecule has 0 radical (unpaired) electrons. The summed E-state index contributed by atoms with van der Waals surface area (Å²) in [7, 11) is 0. The molecule has 134 valence electrons. The van der Waals surface area contributed by atoms with Crippen molar-refractivity contribution in [1.29, 1.82) is 0 Å². The highest BCUT2D eigenvalue weighted by molar-refractivity contribution is 5.37. The van der Waals surface area contributed by atoms with Crippen molar-refractivity contribution in [2.75, 3.05) is 0 Å². The normalized spacial score (nSPS) is 25.8. The molecule has 2 aliphatic carbocycles. The van der Waals surface area contributed by atoms with Crippen LogP contribution in [0.5, 0.6) is 0 Å². The van der Waals surface area contributed by atoms with Crippen LogP contribution in [0.3, 0.4) is 0 Å². The third kappa shape index (κ3) is 3.65. The molecule has 0 aliphatic heterocycles. The van der Waals surface area contributed by atoms with Crippen LogP contribution >= 0.6 is 0 Å². The lowest BCUT2D eigenvalue weighted by atomic mass is 9.73. The van der Waals surface area contributed by atoms with E-state index >= 15 is 0 Å². The molecule has 2 fully saturated rings. The lowest BCUT2D eigenvalue weighted by molar-refractivity contribution is 0.303. The molecule has 0 heterocycles. The summed E-state index contributed by atoms with van der Waals surface area (Å²) in [5.41, 5.74) is 1.28. The molecule has 3 heteroatoms. The zero-order chi connectivity index (χ0) is 17.1. The molecule has 2 aliphatic rings. The molecule has 1 aromatic carbocycles. The molecular formula is C21H29F3. The zero-order valence-corrected chi connectivity index (χ0v) is 14.7. The molecule has 0 N–H and O–H groups in total. The first-order valence-corrected chi connectivity index (χ1v) is 9.79. The minimum Gasteiger partial charge on any atom is -0.204 e. The minimum atomic E-state index is -1.28. The summed E-state index contributed by atoms with van der Waals surface area (Å²) in [4.78, 5) is 0. The lowest BCUT2D eigenvalue weighted by Gasteiger charge is -2.32. The molecule has 2 saturated carbocycles. The Morgan fingerprint density at radius 3 is 2.12 bits per heavy atom. The smallest absolute Gasteiger partial charge is 0.194 e. The van der Waals surface area contributed by atoms with Crippen LogP contribution in [0.4, 0.5) is 13.2 Å². The maximum Gasteiger partial charge on any atom is 0.194 e. The molecule has 0 saturated heterocycles. The molecule has 0 bridgehead atoms. The Bertz CT molecular complexity index is 553. The van der Waals surface area contributed by atoms with Crippen LogP contribution in [0.1, 0.15) is 101 Å². The predicted octanol–water partition coefficient (Wildman–Crippen LogP) is 7.23. The molecule has 3 rings (SSSR count). The van der Waals surface area contributed by atoms with Crippen LogP contribution in [0.15, 0.2) is 6.07 Å². The van der Waals surface area contributed by atoms with E-state index in [-0.39, 0.29) is 11.8 Å². The molecule has 0 aromatic heterocycles. The summed E-state index contributed by atoms with van der Waals surface area (Å²) in [6.07, 6.45) is 11.8. The van der Waals surface area contributed by atoms with E-state index in [0.29, 0.717) is 5.56 Å². The van der Waals surface area contributed by atoms with E-state index < -0.39 is 17.5 Å². The summed E-state index contributed by atoms with van der Waals surface area (Å²) in [5, 5.41) is 0. The lowest BCUT2D eigenvalue weighted by Crippen LogP contribution is -2.18. The van der Waals surface area contributed by atoms with Gasteiger partial charge in [0, 0.05) is 0 Å². The van der Waals surface area contributed by atoms with Gasteiger partial charge in [0.1, 0.15) is 0 Å². The number of hydrogen-bond donors (Lipinski definition) is 0. The Kier molecular flexibility index (Phi) is 5.89. The zero-order valence-electron chi connectivity index (χ0n) is 14.7. The molecule has 0 spiro atoms. The fourth-order valence-corrected chi connectivity index (χ4v) is 4.94. The first-order chi connectivity index (χ1) is 11.6. The van der Waals surface area contributed by atoms with Crippen molar-refractivity contribution in [3.05, 3.63) is 34.6 Å². The number of rotatable bonds is 4. The molecule has 24 heavy (non-hydrogen) atoms. The van der Waals surface area contributed by atoms with E-state index in [2.05, 4.69) is 6.92 Å². The monoisotopic (exact) mass is 338 g/mol. The van der Waals surface area contributed by atoms with Crippen LogP contribution in [0, 0.1) is 23.4 Å². The summed E-state index contributed by atoms with van der Waals surface area (Å²) in [6.45, 7) is 2.21. The van der Waals surface area contributed by atoms with E-state index in [1.54, 1.807) is 0 Å². The van der Waals surface area contributed by atoms with Crippen LogP contribution < -0.4 is 0 Å². The highest BCUT2D eigenvalue weighted by atomic mass is 19.2. The van der Waals surface area contributed by atoms with Gasteiger partial charge in [-0.3, -0.25) is 0 Å². The van der Waals surface area contributed by atoms with Gasteiger partial charge in [-0.2, -0.15) is 0 Å². The Balaban J connectivity index is 1.89. The van der Waals surface area contributed by atoms with Crippen molar-refractivity contribution in [3.8, 4) is 0 Å². The van der Waals surface area contributed by atoms with E-state index in [1.807, 2.05) is 0 Å². The van der Waals surface area contributed by atoms with Crippen molar-refractivity contribution in [2.45, 2.75) is 89.4 Å². The average Bonchev–Trinajstić information content (AvgIpc) is 2.61. The fraction of sp³-hybridized carbons (Fsp3) is 0.714. The molecule has 0 unspecified atom stereocenters. The Labute approximate surface area is 143 Å². The standard InChI is InChI=1S/C21H29F3/c1-2-6-14-9-11-15(12-10-14)17-13-18(22)20(23)21(24)19(17)16-7-4-3-5-8-16/h13-16H,2-12H2,1H3. The van der Waals surface area contributed by atoms with E-state index in [4.69, 9.17) is 0 Å². The van der Waals surface area contributed by atoms with Crippen molar-refractivity contribution in [3.63, 3.8) is 0 Å². The number of halogens is 3. The average molecular weight is 338 g/mol. The molecule has 0 atom stereocenters. The number of benzene rings is 1. The van der Waals surface area contributed by atoms with Gasteiger partial charge in [0.25, 0.3) is 0 Å². The molecule has 1 aromatic rings. The minimum absolute atomic E-state index is 0.0669. The van der Waals surface area contributed by atoms with Gasteiger partial charge in [-0.1, -0.05) is 39.0 Å². The van der Waals surface area contributed by atoms with Gasteiger partial charge < -0.3 is 0 Å². The van der Waals surface area contributed by atoms with Crippen molar-refractivity contribution < 1.29 is 13.2 Å². The first kappa shape index (κ1) is 17.8. The fourth-order valence-electron chi connectivity index (χ4n) is 4.94. The van der Waals surface area contributed by atoms with Gasteiger partial charge in [-0.25, -0.2) is 13.2 Å². The van der Waals surface area contributed by atoms with Crippen molar-refractivity contribution >= 4 is 0 Å². The first-order valence-electron chi connectivity index (χ1n) is 9.79. The summed E-state index contributed by atoms with van der Waals surface area (Å²) in [5.74, 6) is -2.19. The summed E-state index contributed by atoms with van der Waals surface area (Å²) >= 11 is 0. The molecule has 0 nitrogen and oxygen atoms in total. The van der Waals surface area contributed by atoms with Crippen molar-refractivity contribution in [1.82, 2.24) is 0 Å². The van der Waals surface area contributed by atoms with Gasteiger partial charge in [-0.15, -0.1) is 0 Å². The van der Waals surface area contributed by atoms with Crippen molar-refractivity contribution in [2.24, 2.45) is 5.92 Å². The number of hydrogen-bond acceptors (Lipinski definition) is 0. The summed E-state index contributed by atoms with van der Waals surface area (Å²) in [6, 6.07) is 1.31. The Hall–Kier alpha value is -0.990. The maximum atomic E-state index is 14.6. The molecular weight excluding hydrogens is 309 g/mol. The SMILES string of the molecule is CCCC1CCC(c2cc(F)c(F)c(F)c2C2CCCCC2)CC1. The van der Waals surface area contributed by atoms with Gasteiger partial charge in [0.15, 0.2) is 17.5 Å². The quantitative estimate of drug-likeness (QED) is 0.508. The largest absolute Gasteiger partial charge is 0.204 e. The summed E-state index contributed by atoms with van der Waals surface area (Å²) < 4.78 is 42.5. The van der Waals surface area contributed by atoms with Crippen LogP contribution in [0.2, 0.25) is 0 Å². The predicted molar refractivity (Wildman–Crippen MR) is 91.7 cm³/mol. The van der Waals surface area contributed by atoms with Gasteiger partial charge >= 0.3 is 0 Å². The topological polar surface area (TPSA) is 0 Å². The Morgan fingerprint density at radius 1 is 0.833 bits per heavy atom. The maximum absolute atomic E-state index is 14.6. The Morgan fingerprint density at radius 2 is 1.50 bits per heavy atom. The van der Waals surface area contributed by atoms with E-state index in [0.717, 1.165) is 62.8 Å². The highest BCUT2D eigenvalue weighted by Crippen LogP contribution is 2.44. The second kappa shape index (κ2) is 7.93. The van der Waals surface area contributed by atoms with Crippen LogP contribution in [0.25, 0.3) is 0 Å². The van der Waals surface area contributed by atoms with Gasteiger partial charge in [0.05, 0.1) is 0 Å². The third-order valence-electron chi connectivity index (χ3n) is 6.23. The second-order valence-corrected chi connectivity index (χ2v) is 7.83. The van der Waals surface area contributed by atoms with Gasteiger partial charge in [-0.05, 0) is 73.5 Å². The van der Waals surface area contributed by atoms with E-state index in [1.165, 1.54) is 25.3 Å². The molecule has 0 amide bonds. The highest BCUT2D eigenvalue weighted by Gasteiger charge is 2.31. The third-order valence-corrected chi connectivity index (χ3v) is 6.23. The van der Waals surface area contributed by atoms with Crippen LogP contribution in [-0.4, -0.2) is 0 Å².